The Morgan fingerprint density at radius 1 is 1.14 bits per heavy atom. The molecule has 3 aliphatic carbocycles. The second kappa shape index (κ2) is 6.58. The zero-order valence-electron chi connectivity index (χ0n) is 13.6. The van der Waals surface area contributed by atoms with E-state index in [-0.39, 0.29) is 6.03 Å². The molecule has 120 valence electrons. The average Bonchev–Trinajstić information content (AvgIpc) is 3.31. The molecule has 0 aromatic rings. The smallest absolute Gasteiger partial charge is 0.315 e. The molecule has 2 N–H and O–H groups in total. The third-order valence-electron chi connectivity index (χ3n) is 6.50. The Morgan fingerprint density at radius 3 is 2.62 bits per heavy atom. The van der Waals surface area contributed by atoms with Gasteiger partial charge in [0.1, 0.15) is 0 Å². The topological polar surface area (TPSA) is 46.3 Å². The molecule has 4 unspecified atom stereocenters. The van der Waals surface area contributed by atoms with E-state index in [0.717, 1.165) is 43.1 Å². The second-order valence-electron chi connectivity index (χ2n) is 7.75. The molecule has 3 nitrogen and oxygen atoms in total. The minimum atomic E-state index is -0.195. The van der Waals surface area contributed by atoms with Crippen LogP contribution < -0.4 is 5.73 Å². The van der Waals surface area contributed by atoms with Crippen LogP contribution in [0.2, 0.25) is 0 Å². The molecule has 3 saturated carbocycles. The fraction of sp³-hybridized carbons (Fsp3) is 0.944. The molecule has 0 aromatic carbocycles. The highest BCUT2D eigenvalue weighted by Gasteiger charge is 2.38. The number of fused-ring (bicyclic) bond motifs is 1. The lowest BCUT2D eigenvalue weighted by Gasteiger charge is -2.44. The highest BCUT2D eigenvalue weighted by atomic mass is 16.2. The van der Waals surface area contributed by atoms with E-state index in [1.807, 2.05) is 4.90 Å². The van der Waals surface area contributed by atoms with Gasteiger partial charge in [-0.25, -0.2) is 4.79 Å². The summed E-state index contributed by atoms with van der Waals surface area (Å²) >= 11 is 0. The Kier molecular flexibility index (Phi) is 4.75. The monoisotopic (exact) mass is 292 g/mol. The van der Waals surface area contributed by atoms with Crippen molar-refractivity contribution >= 4 is 6.03 Å². The summed E-state index contributed by atoms with van der Waals surface area (Å²) < 4.78 is 0. The summed E-state index contributed by atoms with van der Waals surface area (Å²) in [6.45, 7) is 3.26. The highest BCUT2D eigenvalue weighted by molar-refractivity contribution is 5.72. The normalized spacial score (nSPS) is 36.0. The van der Waals surface area contributed by atoms with Gasteiger partial charge in [-0.05, 0) is 55.8 Å². The maximum atomic E-state index is 11.6. The van der Waals surface area contributed by atoms with Gasteiger partial charge in [0.25, 0.3) is 0 Å². The lowest BCUT2D eigenvalue weighted by molar-refractivity contribution is 0.0632. The third-order valence-corrected chi connectivity index (χ3v) is 6.50. The number of nitrogens with zero attached hydrogens (tertiary/aromatic N) is 1. The van der Waals surface area contributed by atoms with E-state index < -0.39 is 0 Å². The molecule has 0 spiro atoms. The van der Waals surface area contributed by atoms with Gasteiger partial charge in [-0.2, -0.15) is 0 Å². The van der Waals surface area contributed by atoms with E-state index in [2.05, 4.69) is 6.92 Å². The molecule has 0 aromatic heterocycles. The summed E-state index contributed by atoms with van der Waals surface area (Å²) in [7, 11) is 0. The van der Waals surface area contributed by atoms with Crippen LogP contribution >= 0.6 is 0 Å². The fourth-order valence-corrected chi connectivity index (χ4v) is 5.04. The van der Waals surface area contributed by atoms with Gasteiger partial charge in [0, 0.05) is 12.6 Å². The lowest BCUT2D eigenvalue weighted by Crippen LogP contribution is -2.41. The maximum absolute atomic E-state index is 11.6. The molecule has 3 rings (SSSR count). The lowest BCUT2D eigenvalue weighted by atomic mass is 9.62. The summed E-state index contributed by atoms with van der Waals surface area (Å²) in [6.07, 6.45) is 13.5. The van der Waals surface area contributed by atoms with Crippen molar-refractivity contribution in [2.45, 2.75) is 77.2 Å². The first kappa shape index (κ1) is 15.2. The van der Waals surface area contributed by atoms with Crippen molar-refractivity contribution in [3.05, 3.63) is 0 Å². The van der Waals surface area contributed by atoms with Gasteiger partial charge in [-0.15, -0.1) is 0 Å². The zero-order valence-corrected chi connectivity index (χ0v) is 13.6. The average molecular weight is 292 g/mol. The molecule has 0 saturated heterocycles. The summed E-state index contributed by atoms with van der Waals surface area (Å²) in [5.41, 5.74) is 5.56. The molecule has 0 radical (unpaired) electrons. The Hall–Kier alpha value is -0.730. The number of hydrogen-bond donors (Lipinski definition) is 1. The maximum Gasteiger partial charge on any atom is 0.315 e. The summed E-state index contributed by atoms with van der Waals surface area (Å²) in [5.74, 6) is 3.72. The summed E-state index contributed by atoms with van der Waals surface area (Å²) in [5, 5.41) is 0. The van der Waals surface area contributed by atoms with E-state index in [1.165, 1.54) is 51.4 Å². The number of primary amides is 1. The van der Waals surface area contributed by atoms with Gasteiger partial charge in [0.05, 0.1) is 0 Å². The van der Waals surface area contributed by atoms with Crippen LogP contribution in [0.1, 0.15) is 71.1 Å². The van der Waals surface area contributed by atoms with E-state index in [1.54, 1.807) is 0 Å². The second-order valence-corrected chi connectivity index (χ2v) is 7.75. The van der Waals surface area contributed by atoms with Gasteiger partial charge < -0.3 is 10.6 Å². The van der Waals surface area contributed by atoms with E-state index >= 15 is 0 Å². The molecule has 3 heteroatoms. The Bertz CT molecular complexity index is 366. The van der Waals surface area contributed by atoms with Crippen LogP contribution in [-0.2, 0) is 0 Å². The van der Waals surface area contributed by atoms with Crippen molar-refractivity contribution in [3.63, 3.8) is 0 Å². The van der Waals surface area contributed by atoms with Gasteiger partial charge in [0.15, 0.2) is 0 Å². The zero-order chi connectivity index (χ0) is 14.8. The SMILES string of the molecule is CCC1CCC2CCCC(CCN(C(N)=O)C3CC3)C2C1. The molecule has 0 bridgehead atoms. The van der Waals surface area contributed by atoms with Crippen LogP contribution in [0, 0.1) is 23.7 Å². The number of carbonyl (C=O) groups is 1. The number of carbonyl (C=O) groups excluding carboxylic acids is 1. The van der Waals surface area contributed by atoms with Gasteiger partial charge in [-0.1, -0.05) is 39.0 Å². The van der Waals surface area contributed by atoms with Gasteiger partial charge in [-0.3, -0.25) is 0 Å². The van der Waals surface area contributed by atoms with Gasteiger partial charge >= 0.3 is 6.03 Å². The fourth-order valence-electron chi connectivity index (χ4n) is 5.04. The van der Waals surface area contributed by atoms with Crippen molar-refractivity contribution in [2.75, 3.05) is 6.54 Å². The number of rotatable bonds is 5. The molecule has 0 heterocycles. The quantitative estimate of drug-likeness (QED) is 0.812. The number of nitrogens with two attached hydrogens (primary N) is 1. The van der Waals surface area contributed by atoms with Crippen molar-refractivity contribution in [1.29, 1.82) is 0 Å². The number of urea groups is 1. The first-order chi connectivity index (χ1) is 10.2. The van der Waals surface area contributed by atoms with Crippen molar-refractivity contribution in [1.82, 2.24) is 4.90 Å². The number of amides is 2. The Morgan fingerprint density at radius 2 is 1.95 bits per heavy atom. The van der Waals surface area contributed by atoms with Crippen LogP contribution in [0.3, 0.4) is 0 Å². The standard InChI is InChI=1S/C18H32N2O/c1-2-13-6-7-14-4-3-5-15(17(14)12-13)10-11-20(18(19)21)16-8-9-16/h13-17H,2-12H2,1H3,(H2,19,21). The van der Waals surface area contributed by atoms with E-state index in [9.17, 15) is 4.79 Å². The molecule has 3 fully saturated rings. The minimum Gasteiger partial charge on any atom is -0.351 e. The highest BCUT2D eigenvalue weighted by Crippen LogP contribution is 2.47. The van der Waals surface area contributed by atoms with Gasteiger partial charge in [0.2, 0.25) is 0 Å². The minimum absolute atomic E-state index is 0.195. The first-order valence-electron chi connectivity index (χ1n) is 9.25. The predicted octanol–water partition coefficient (Wildman–Crippen LogP) is 4.16. The van der Waals surface area contributed by atoms with Crippen LogP contribution in [0.4, 0.5) is 4.79 Å². The third kappa shape index (κ3) is 3.54. The van der Waals surface area contributed by atoms with Crippen LogP contribution in [0.15, 0.2) is 0 Å². The molecular formula is C18H32N2O. The van der Waals surface area contributed by atoms with E-state index in [0.29, 0.717) is 6.04 Å². The van der Waals surface area contributed by atoms with Crippen LogP contribution in [-0.4, -0.2) is 23.5 Å². The molecule has 0 aliphatic heterocycles. The number of hydrogen-bond acceptors (Lipinski definition) is 1. The van der Waals surface area contributed by atoms with E-state index in [4.69, 9.17) is 5.73 Å². The van der Waals surface area contributed by atoms with Crippen LogP contribution in [0.25, 0.3) is 0 Å². The molecular weight excluding hydrogens is 260 g/mol. The van der Waals surface area contributed by atoms with Crippen molar-refractivity contribution < 1.29 is 4.79 Å². The van der Waals surface area contributed by atoms with Crippen LogP contribution in [0.5, 0.6) is 0 Å². The molecule has 2 amide bonds. The predicted molar refractivity (Wildman–Crippen MR) is 85.9 cm³/mol. The Balaban J connectivity index is 1.56. The summed E-state index contributed by atoms with van der Waals surface area (Å²) in [6, 6.07) is 0.275. The Labute approximate surface area is 129 Å². The van der Waals surface area contributed by atoms with Crippen molar-refractivity contribution in [2.24, 2.45) is 29.4 Å². The van der Waals surface area contributed by atoms with Crippen molar-refractivity contribution in [3.8, 4) is 0 Å². The molecule has 3 aliphatic rings. The molecule has 4 atom stereocenters. The molecule has 21 heavy (non-hydrogen) atoms. The largest absolute Gasteiger partial charge is 0.351 e. The summed E-state index contributed by atoms with van der Waals surface area (Å²) in [4.78, 5) is 13.5. The first-order valence-corrected chi connectivity index (χ1v) is 9.25.